The van der Waals surface area contributed by atoms with Crippen LogP contribution in [0.1, 0.15) is 70.6 Å². The molecule has 0 saturated heterocycles. The topological polar surface area (TPSA) is 0 Å². The molecule has 0 aliphatic heterocycles. The van der Waals surface area contributed by atoms with Crippen molar-refractivity contribution < 1.29 is 0 Å². The average molecular weight is 258 g/mol. The first-order chi connectivity index (χ1) is 9.50. The van der Waals surface area contributed by atoms with E-state index in [-0.39, 0.29) is 0 Å². The van der Waals surface area contributed by atoms with E-state index in [9.17, 15) is 0 Å². The number of allylic oxidation sites excluding steroid dienone is 8. The fourth-order valence-electron chi connectivity index (χ4n) is 2.37. The third-order valence-corrected chi connectivity index (χ3v) is 3.57. The molecule has 0 nitrogen and oxygen atoms in total. The summed E-state index contributed by atoms with van der Waals surface area (Å²) in [5.41, 5.74) is 0. The molecule has 0 heterocycles. The molecule has 0 aromatic rings. The zero-order chi connectivity index (χ0) is 13.4. The van der Waals surface area contributed by atoms with E-state index < -0.39 is 0 Å². The van der Waals surface area contributed by atoms with Crippen LogP contribution in [0.25, 0.3) is 0 Å². The summed E-state index contributed by atoms with van der Waals surface area (Å²) in [7, 11) is 0. The number of hydrogen-bond donors (Lipinski definition) is 0. The van der Waals surface area contributed by atoms with E-state index in [4.69, 9.17) is 0 Å². The van der Waals surface area contributed by atoms with Gasteiger partial charge in [0, 0.05) is 0 Å². The molecule has 0 aromatic carbocycles. The molecule has 0 unspecified atom stereocenters. The van der Waals surface area contributed by atoms with Crippen LogP contribution in [0.2, 0.25) is 0 Å². The van der Waals surface area contributed by atoms with Crippen molar-refractivity contribution in [3.05, 3.63) is 48.6 Å². The Morgan fingerprint density at radius 1 is 0.316 bits per heavy atom. The standard InChI is InChI=1S/C19H30/c1-2-4-6-8-10-12-14-16-18-19-17-15-13-11-9-7-5-3-1/h1-8H,9-19H2/b3-1+,4-2+,7-5-,8-6?. The minimum absolute atomic E-state index is 1.23. The van der Waals surface area contributed by atoms with E-state index in [1.54, 1.807) is 0 Å². The predicted molar refractivity (Wildman–Crippen MR) is 87.3 cm³/mol. The van der Waals surface area contributed by atoms with Gasteiger partial charge in [-0.2, -0.15) is 0 Å². The summed E-state index contributed by atoms with van der Waals surface area (Å²) in [5, 5.41) is 0. The summed E-state index contributed by atoms with van der Waals surface area (Å²) in [6.45, 7) is 0. The van der Waals surface area contributed by atoms with Gasteiger partial charge in [-0.3, -0.25) is 0 Å². The lowest BCUT2D eigenvalue weighted by Gasteiger charge is -2.01. The van der Waals surface area contributed by atoms with Crippen LogP contribution in [-0.4, -0.2) is 0 Å². The molecule has 0 heteroatoms. The highest BCUT2D eigenvalue weighted by Gasteiger charge is 1.92. The Morgan fingerprint density at radius 2 is 0.632 bits per heavy atom. The normalized spacial score (nSPS) is 25.7. The van der Waals surface area contributed by atoms with Gasteiger partial charge in [0.15, 0.2) is 0 Å². The van der Waals surface area contributed by atoms with E-state index in [1.165, 1.54) is 70.6 Å². The quantitative estimate of drug-likeness (QED) is 0.464. The van der Waals surface area contributed by atoms with Gasteiger partial charge in [0.1, 0.15) is 0 Å². The molecule has 0 atom stereocenters. The Balaban J connectivity index is 2.26. The summed E-state index contributed by atoms with van der Waals surface area (Å²) in [6.07, 6.45) is 32.5. The van der Waals surface area contributed by atoms with Crippen molar-refractivity contribution in [1.29, 1.82) is 0 Å². The van der Waals surface area contributed by atoms with E-state index in [0.29, 0.717) is 0 Å². The Hall–Kier alpha value is -1.04. The summed E-state index contributed by atoms with van der Waals surface area (Å²) in [6, 6.07) is 0. The van der Waals surface area contributed by atoms with Gasteiger partial charge < -0.3 is 0 Å². The molecule has 0 spiro atoms. The second kappa shape index (κ2) is 13.4. The van der Waals surface area contributed by atoms with E-state index in [0.717, 1.165) is 0 Å². The van der Waals surface area contributed by atoms with Gasteiger partial charge in [0.2, 0.25) is 0 Å². The van der Waals surface area contributed by atoms with Crippen LogP contribution in [0.4, 0.5) is 0 Å². The molecule has 0 N–H and O–H groups in total. The lowest BCUT2D eigenvalue weighted by molar-refractivity contribution is 0.561. The van der Waals surface area contributed by atoms with Crippen LogP contribution >= 0.6 is 0 Å². The van der Waals surface area contributed by atoms with Gasteiger partial charge in [-0.1, -0.05) is 93.6 Å². The molecule has 1 aliphatic carbocycles. The third kappa shape index (κ3) is 11.8. The van der Waals surface area contributed by atoms with Crippen molar-refractivity contribution in [2.75, 3.05) is 0 Å². The largest absolute Gasteiger partial charge is 0.0845 e. The van der Waals surface area contributed by atoms with Crippen molar-refractivity contribution in [3.8, 4) is 0 Å². The first kappa shape index (κ1) is 16.0. The van der Waals surface area contributed by atoms with Crippen molar-refractivity contribution in [2.24, 2.45) is 0 Å². The zero-order valence-corrected chi connectivity index (χ0v) is 12.4. The third-order valence-electron chi connectivity index (χ3n) is 3.57. The summed E-state index contributed by atoms with van der Waals surface area (Å²) < 4.78 is 0. The second-order valence-electron chi connectivity index (χ2n) is 5.39. The van der Waals surface area contributed by atoms with Crippen molar-refractivity contribution in [2.45, 2.75) is 70.6 Å². The van der Waals surface area contributed by atoms with Crippen LogP contribution in [-0.2, 0) is 0 Å². The summed E-state index contributed by atoms with van der Waals surface area (Å²) in [4.78, 5) is 0. The lowest BCUT2D eigenvalue weighted by atomic mass is 10.1. The van der Waals surface area contributed by atoms with Gasteiger partial charge >= 0.3 is 0 Å². The zero-order valence-electron chi connectivity index (χ0n) is 12.4. The maximum absolute atomic E-state index is 2.29. The van der Waals surface area contributed by atoms with Gasteiger partial charge in [-0.05, 0) is 25.7 Å². The monoisotopic (exact) mass is 258 g/mol. The maximum atomic E-state index is 2.29. The minimum atomic E-state index is 1.23. The fourth-order valence-corrected chi connectivity index (χ4v) is 2.37. The second-order valence-corrected chi connectivity index (χ2v) is 5.39. The van der Waals surface area contributed by atoms with Crippen molar-refractivity contribution in [1.82, 2.24) is 0 Å². The van der Waals surface area contributed by atoms with Crippen LogP contribution < -0.4 is 0 Å². The van der Waals surface area contributed by atoms with Gasteiger partial charge in [0.05, 0.1) is 0 Å². The van der Waals surface area contributed by atoms with Crippen molar-refractivity contribution >= 4 is 0 Å². The molecule has 106 valence electrons. The van der Waals surface area contributed by atoms with Crippen LogP contribution in [0, 0.1) is 0 Å². The van der Waals surface area contributed by atoms with Crippen LogP contribution in [0.3, 0.4) is 0 Å². The predicted octanol–water partition coefficient (Wildman–Crippen LogP) is 6.52. The Labute approximate surface area is 120 Å². The number of hydrogen-bond acceptors (Lipinski definition) is 0. The molecule has 0 amide bonds. The molecule has 1 rings (SSSR count). The summed E-state index contributed by atoms with van der Waals surface area (Å²) in [5.74, 6) is 0. The lowest BCUT2D eigenvalue weighted by Crippen LogP contribution is -1.81. The van der Waals surface area contributed by atoms with Gasteiger partial charge in [-0.25, -0.2) is 0 Å². The van der Waals surface area contributed by atoms with Crippen LogP contribution in [0.15, 0.2) is 48.6 Å². The highest BCUT2D eigenvalue weighted by molar-refractivity contribution is 5.15. The molecule has 0 aromatic heterocycles. The highest BCUT2D eigenvalue weighted by atomic mass is 14.0. The average Bonchev–Trinajstić information content (AvgIpc) is 2.43. The molecule has 0 radical (unpaired) electrons. The highest BCUT2D eigenvalue weighted by Crippen LogP contribution is 2.11. The van der Waals surface area contributed by atoms with Crippen LogP contribution in [0.5, 0.6) is 0 Å². The first-order valence-corrected chi connectivity index (χ1v) is 8.15. The molecule has 0 bridgehead atoms. The van der Waals surface area contributed by atoms with E-state index in [2.05, 4.69) is 48.6 Å². The molecular formula is C19H30. The molecule has 1 aliphatic rings. The maximum Gasteiger partial charge on any atom is -0.0348 e. The Kier molecular flexibility index (Phi) is 11.3. The first-order valence-electron chi connectivity index (χ1n) is 8.15. The summed E-state index contributed by atoms with van der Waals surface area (Å²) >= 11 is 0. The number of rotatable bonds is 0. The minimum Gasteiger partial charge on any atom is -0.0845 e. The molecular weight excluding hydrogens is 228 g/mol. The Bertz CT molecular complexity index is 261. The molecule has 19 heavy (non-hydrogen) atoms. The van der Waals surface area contributed by atoms with Gasteiger partial charge in [-0.15, -0.1) is 0 Å². The Morgan fingerprint density at radius 3 is 1.05 bits per heavy atom. The van der Waals surface area contributed by atoms with E-state index >= 15 is 0 Å². The fraction of sp³-hybridized carbons (Fsp3) is 0.579. The van der Waals surface area contributed by atoms with E-state index in [1.807, 2.05) is 0 Å². The SMILES string of the molecule is C1=CCCCCCCCCCCC\C=C/C=C/C=C/1. The van der Waals surface area contributed by atoms with Gasteiger partial charge in [0.25, 0.3) is 0 Å². The smallest absolute Gasteiger partial charge is 0.0348 e. The van der Waals surface area contributed by atoms with Crippen molar-refractivity contribution in [3.63, 3.8) is 0 Å². The molecule has 0 saturated carbocycles. The molecule has 0 fully saturated rings.